The predicted octanol–water partition coefficient (Wildman–Crippen LogP) is 6.67. The maximum atomic E-state index is 13.0. The van der Waals surface area contributed by atoms with Crippen LogP contribution in [0.1, 0.15) is 28.2 Å². The van der Waals surface area contributed by atoms with Crippen molar-refractivity contribution in [3.8, 4) is 0 Å². The summed E-state index contributed by atoms with van der Waals surface area (Å²) in [5.74, 6) is -0.166. The number of carbonyl (C=O) groups excluding carboxylic acids is 1. The van der Waals surface area contributed by atoms with E-state index in [0.29, 0.717) is 0 Å². The fourth-order valence-electron chi connectivity index (χ4n) is 4.12. The average molecular weight is 389 g/mol. The van der Waals surface area contributed by atoms with E-state index in [9.17, 15) is 4.79 Å². The summed E-state index contributed by atoms with van der Waals surface area (Å²) in [6.45, 7) is 0. The van der Waals surface area contributed by atoms with Gasteiger partial charge in [-0.25, -0.2) is 0 Å². The predicted molar refractivity (Wildman–Crippen MR) is 124 cm³/mol. The van der Waals surface area contributed by atoms with E-state index >= 15 is 0 Å². The standard InChI is InChI=1S/C29H24O/c30-23-29(26-17-9-3-10-18-26,27-19-11-4-12-20-27)28(25-15-7-2-8-16-25)22-21-24-13-5-1-6-14-24/h1-23,28H/b22-21+/t28-/m1/s1. The minimum absolute atomic E-state index is 0.166. The summed E-state index contributed by atoms with van der Waals surface area (Å²) in [5, 5.41) is 0. The Morgan fingerprint density at radius 2 is 1.00 bits per heavy atom. The second kappa shape index (κ2) is 9.19. The summed E-state index contributed by atoms with van der Waals surface area (Å²) in [6.07, 6.45) is 5.39. The van der Waals surface area contributed by atoms with Crippen LogP contribution in [0.15, 0.2) is 127 Å². The van der Waals surface area contributed by atoms with Crippen LogP contribution in [0.4, 0.5) is 0 Å². The number of carbonyl (C=O) groups is 1. The Balaban J connectivity index is 1.96. The smallest absolute Gasteiger partial charge is 0.135 e. The second-order valence-corrected chi connectivity index (χ2v) is 7.38. The second-order valence-electron chi connectivity index (χ2n) is 7.38. The van der Waals surface area contributed by atoms with Crippen molar-refractivity contribution in [2.45, 2.75) is 11.3 Å². The van der Waals surface area contributed by atoms with E-state index in [1.807, 2.05) is 97.1 Å². The Hall–Kier alpha value is -3.71. The molecule has 30 heavy (non-hydrogen) atoms. The van der Waals surface area contributed by atoms with Crippen molar-refractivity contribution in [2.24, 2.45) is 0 Å². The molecule has 0 saturated heterocycles. The molecule has 146 valence electrons. The molecule has 0 aromatic heterocycles. The highest BCUT2D eigenvalue weighted by atomic mass is 16.1. The van der Waals surface area contributed by atoms with Gasteiger partial charge < -0.3 is 4.79 Å². The van der Waals surface area contributed by atoms with Crippen LogP contribution < -0.4 is 0 Å². The summed E-state index contributed by atoms with van der Waals surface area (Å²) in [6, 6.07) is 40.7. The Labute approximate surface area is 178 Å². The first kappa shape index (κ1) is 19.6. The third kappa shape index (κ3) is 3.88. The molecule has 0 saturated carbocycles. The van der Waals surface area contributed by atoms with Gasteiger partial charge in [0.25, 0.3) is 0 Å². The number of allylic oxidation sites excluding steroid dienone is 1. The zero-order chi connectivity index (χ0) is 20.7. The summed E-state index contributed by atoms with van der Waals surface area (Å²) in [7, 11) is 0. The Kier molecular flexibility index (Phi) is 6.01. The zero-order valence-corrected chi connectivity index (χ0v) is 16.8. The topological polar surface area (TPSA) is 17.1 Å². The number of hydrogen-bond acceptors (Lipinski definition) is 1. The molecular formula is C29H24O. The molecule has 0 unspecified atom stereocenters. The molecule has 4 rings (SSSR count). The van der Waals surface area contributed by atoms with Crippen LogP contribution in [0, 0.1) is 0 Å². The zero-order valence-electron chi connectivity index (χ0n) is 16.8. The van der Waals surface area contributed by atoms with E-state index < -0.39 is 5.41 Å². The van der Waals surface area contributed by atoms with Crippen molar-refractivity contribution in [3.05, 3.63) is 150 Å². The molecule has 0 aliphatic carbocycles. The molecule has 0 spiro atoms. The van der Waals surface area contributed by atoms with Crippen LogP contribution in [0.25, 0.3) is 6.08 Å². The molecular weight excluding hydrogens is 364 g/mol. The van der Waals surface area contributed by atoms with Gasteiger partial charge in [0.05, 0.1) is 5.41 Å². The Bertz CT molecular complexity index is 1040. The first-order chi connectivity index (χ1) is 14.8. The van der Waals surface area contributed by atoms with Crippen LogP contribution in [-0.4, -0.2) is 6.29 Å². The molecule has 1 heteroatoms. The molecule has 0 fully saturated rings. The molecule has 0 bridgehead atoms. The van der Waals surface area contributed by atoms with Crippen LogP contribution >= 0.6 is 0 Å². The van der Waals surface area contributed by atoms with Crippen LogP contribution in [0.3, 0.4) is 0 Å². The van der Waals surface area contributed by atoms with E-state index in [1.54, 1.807) is 0 Å². The summed E-state index contributed by atoms with van der Waals surface area (Å²) >= 11 is 0. The molecule has 0 N–H and O–H groups in total. The Morgan fingerprint density at radius 3 is 1.47 bits per heavy atom. The lowest BCUT2D eigenvalue weighted by atomic mass is 9.64. The van der Waals surface area contributed by atoms with Gasteiger partial charge in [-0.15, -0.1) is 0 Å². The fourth-order valence-corrected chi connectivity index (χ4v) is 4.12. The van der Waals surface area contributed by atoms with Crippen molar-refractivity contribution in [1.82, 2.24) is 0 Å². The van der Waals surface area contributed by atoms with E-state index in [4.69, 9.17) is 0 Å². The van der Waals surface area contributed by atoms with Gasteiger partial charge in [-0.2, -0.15) is 0 Å². The van der Waals surface area contributed by atoms with E-state index in [-0.39, 0.29) is 5.92 Å². The van der Waals surface area contributed by atoms with Crippen molar-refractivity contribution in [2.75, 3.05) is 0 Å². The molecule has 4 aromatic carbocycles. The SMILES string of the molecule is O=CC(c1ccccc1)(c1ccccc1)[C@H](/C=C/c1ccccc1)c1ccccc1. The minimum Gasteiger partial charge on any atom is -0.302 e. The van der Waals surface area contributed by atoms with E-state index in [2.05, 4.69) is 36.4 Å². The number of aldehydes is 1. The first-order valence-corrected chi connectivity index (χ1v) is 10.2. The summed E-state index contributed by atoms with van der Waals surface area (Å²) in [4.78, 5) is 13.0. The maximum absolute atomic E-state index is 13.0. The molecule has 0 amide bonds. The quantitative estimate of drug-likeness (QED) is 0.323. The van der Waals surface area contributed by atoms with Gasteiger partial charge in [-0.3, -0.25) is 0 Å². The molecule has 1 nitrogen and oxygen atoms in total. The molecule has 0 radical (unpaired) electrons. The van der Waals surface area contributed by atoms with Gasteiger partial charge in [0, 0.05) is 5.92 Å². The molecule has 0 aliphatic heterocycles. The fraction of sp³-hybridized carbons (Fsp3) is 0.0690. The van der Waals surface area contributed by atoms with Gasteiger partial charge >= 0.3 is 0 Å². The minimum atomic E-state index is -0.838. The molecule has 4 aromatic rings. The monoisotopic (exact) mass is 388 g/mol. The number of hydrogen-bond donors (Lipinski definition) is 0. The highest BCUT2D eigenvalue weighted by Crippen LogP contribution is 2.44. The van der Waals surface area contributed by atoms with E-state index in [1.165, 1.54) is 0 Å². The lowest BCUT2D eigenvalue weighted by molar-refractivity contribution is -0.111. The molecule has 0 heterocycles. The van der Waals surface area contributed by atoms with Gasteiger partial charge in [-0.1, -0.05) is 133 Å². The third-order valence-electron chi connectivity index (χ3n) is 5.62. The van der Waals surface area contributed by atoms with Gasteiger partial charge in [0.15, 0.2) is 0 Å². The van der Waals surface area contributed by atoms with Gasteiger partial charge in [0.1, 0.15) is 6.29 Å². The Morgan fingerprint density at radius 1 is 0.567 bits per heavy atom. The largest absolute Gasteiger partial charge is 0.302 e. The van der Waals surface area contributed by atoms with Crippen molar-refractivity contribution < 1.29 is 4.79 Å². The van der Waals surface area contributed by atoms with Crippen molar-refractivity contribution in [3.63, 3.8) is 0 Å². The lowest BCUT2D eigenvalue weighted by Crippen LogP contribution is -2.36. The van der Waals surface area contributed by atoms with E-state index in [0.717, 1.165) is 28.5 Å². The van der Waals surface area contributed by atoms with Gasteiger partial charge in [-0.05, 0) is 22.3 Å². The van der Waals surface area contributed by atoms with Crippen molar-refractivity contribution >= 4 is 12.4 Å². The van der Waals surface area contributed by atoms with Crippen molar-refractivity contribution in [1.29, 1.82) is 0 Å². The molecule has 0 aliphatic rings. The van der Waals surface area contributed by atoms with Crippen LogP contribution in [0.2, 0.25) is 0 Å². The van der Waals surface area contributed by atoms with Crippen LogP contribution in [0.5, 0.6) is 0 Å². The normalized spacial score (nSPS) is 12.5. The summed E-state index contributed by atoms with van der Waals surface area (Å²) in [5.41, 5.74) is 3.34. The third-order valence-corrected chi connectivity index (χ3v) is 5.62. The first-order valence-electron chi connectivity index (χ1n) is 10.2. The highest BCUT2D eigenvalue weighted by Gasteiger charge is 2.41. The van der Waals surface area contributed by atoms with Crippen LogP contribution in [-0.2, 0) is 10.2 Å². The molecule has 1 atom stereocenters. The highest BCUT2D eigenvalue weighted by molar-refractivity contribution is 5.79. The summed E-state index contributed by atoms with van der Waals surface area (Å²) < 4.78 is 0. The maximum Gasteiger partial charge on any atom is 0.135 e. The number of rotatable bonds is 7. The van der Waals surface area contributed by atoms with Gasteiger partial charge in [0.2, 0.25) is 0 Å². The lowest BCUT2D eigenvalue weighted by Gasteiger charge is -2.36. The number of benzene rings is 4. The average Bonchev–Trinajstić information content (AvgIpc) is 2.84.